The van der Waals surface area contributed by atoms with E-state index >= 15 is 0 Å². The minimum absolute atomic E-state index is 0.139. The number of hydrazone groups is 1. The summed E-state index contributed by atoms with van der Waals surface area (Å²) in [5, 5.41) is 7.04. The van der Waals surface area contributed by atoms with E-state index in [1.165, 1.54) is 5.69 Å². The molecule has 7 heteroatoms. The van der Waals surface area contributed by atoms with Gasteiger partial charge in [-0.2, -0.15) is 5.10 Å². The van der Waals surface area contributed by atoms with Crippen LogP contribution in [0.25, 0.3) is 0 Å². The molecule has 0 aromatic heterocycles. The first kappa shape index (κ1) is 18.7. The average Bonchev–Trinajstić information content (AvgIpc) is 2.74. The fourth-order valence-electron chi connectivity index (χ4n) is 2.70. The number of nitrogens with zero attached hydrogens (tertiary/aromatic N) is 2. The summed E-state index contributed by atoms with van der Waals surface area (Å²) in [7, 11) is 1.62. The number of carbonyl (C=O) groups is 1. The third-order valence-corrected chi connectivity index (χ3v) is 4.22. The van der Waals surface area contributed by atoms with Crippen molar-refractivity contribution < 1.29 is 14.3 Å². The Labute approximate surface area is 159 Å². The average molecular weight is 368 g/mol. The Balaban J connectivity index is 1.43. The van der Waals surface area contributed by atoms with Gasteiger partial charge in [0.15, 0.2) is 0 Å². The summed E-state index contributed by atoms with van der Waals surface area (Å²) in [4.78, 5) is 14.1. The molecule has 1 amide bonds. The number of anilines is 2. The number of morpholine rings is 1. The summed E-state index contributed by atoms with van der Waals surface area (Å²) < 4.78 is 10.5. The molecule has 1 aliphatic heterocycles. The van der Waals surface area contributed by atoms with Crippen LogP contribution in [0.2, 0.25) is 0 Å². The first-order chi connectivity index (χ1) is 13.2. The van der Waals surface area contributed by atoms with E-state index in [4.69, 9.17) is 9.47 Å². The number of methoxy groups -OCH3 is 1. The highest BCUT2D eigenvalue weighted by Gasteiger charge is 2.10. The number of ether oxygens (including phenoxy) is 2. The molecule has 7 nitrogen and oxygen atoms in total. The summed E-state index contributed by atoms with van der Waals surface area (Å²) in [5.41, 5.74) is 5.46. The lowest BCUT2D eigenvalue weighted by atomic mass is 10.2. The topological polar surface area (TPSA) is 75.2 Å². The normalized spacial score (nSPS) is 14.2. The Morgan fingerprint density at radius 3 is 2.52 bits per heavy atom. The third-order valence-electron chi connectivity index (χ3n) is 4.22. The Hall–Kier alpha value is -3.06. The van der Waals surface area contributed by atoms with Crippen LogP contribution in [0.5, 0.6) is 5.75 Å². The Morgan fingerprint density at radius 1 is 1.15 bits per heavy atom. The summed E-state index contributed by atoms with van der Waals surface area (Å²) in [6.07, 6.45) is 1.63. The second kappa shape index (κ2) is 9.59. The number of benzene rings is 2. The SMILES string of the molecule is COc1ccc(NCC(=O)N/N=C/c2ccc(N3CCOCC3)cc2)cc1. The minimum atomic E-state index is -0.216. The van der Waals surface area contributed by atoms with E-state index in [9.17, 15) is 4.79 Å². The zero-order chi connectivity index (χ0) is 18.9. The van der Waals surface area contributed by atoms with Gasteiger partial charge >= 0.3 is 0 Å². The zero-order valence-corrected chi connectivity index (χ0v) is 15.4. The molecule has 0 atom stereocenters. The van der Waals surface area contributed by atoms with E-state index in [-0.39, 0.29) is 12.5 Å². The maximum absolute atomic E-state index is 11.9. The van der Waals surface area contributed by atoms with Gasteiger partial charge in [0, 0.05) is 24.5 Å². The second-order valence-corrected chi connectivity index (χ2v) is 6.07. The van der Waals surface area contributed by atoms with Crippen LogP contribution in [0.15, 0.2) is 53.6 Å². The van der Waals surface area contributed by atoms with E-state index in [0.717, 1.165) is 43.3 Å². The number of carbonyl (C=O) groups excluding carboxylic acids is 1. The van der Waals surface area contributed by atoms with Crippen molar-refractivity contribution in [2.75, 3.05) is 50.2 Å². The third kappa shape index (κ3) is 5.72. The molecular weight excluding hydrogens is 344 g/mol. The maximum atomic E-state index is 11.9. The van der Waals surface area contributed by atoms with Crippen molar-refractivity contribution in [3.05, 3.63) is 54.1 Å². The van der Waals surface area contributed by atoms with Crippen LogP contribution in [0.3, 0.4) is 0 Å². The maximum Gasteiger partial charge on any atom is 0.259 e. The first-order valence-corrected chi connectivity index (χ1v) is 8.87. The highest BCUT2D eigenvalue weighted by Crippen LogP contribution is 2.16. The van der Waals surface area contributed by atoms with Crippen molar-refractivity contribution in [2.24, 2.45) is 5.10 Å². The summed E-state index contributed by atoms with van der Waals surface area (Å²) in [5.74, 6) is 0.557. The number of hydrogen-bond donors (Lipinski definition) is 2. The van der Waals surface area contributed by atoms with E-state index < -0.39 is 0 Å². The van der Waals surface area contributed by atoms with Crippen molar-refractivity contribution >= 4 is 23.5 Å². The standard InChI is InChI=1S/C20H24N4O3/c1-26-19-8-4-17(5-9-19)21-15-20(25)23-22-14-16-2-6-18(7-3-16)24-10-12-27-13-11-24/h2-9,14,21H,10-13,15H2,1H3,(H,23,25)/b22-14+. The van der Waals surface area contributed by atoms with Crippen molar-refractivity contribution in [3.63, 3.8) is 0 Å². The largest absolute Gasteiger partial charge is 0.497 e. The molecule has 3 rings (SSSR count). The number of nitrogens with one attached hydrogen (secondary N) is 2. The van der Waals surface area contributed by atoms with Crippen molar-refractivity contribution in [1.29, 1.82) is 0 Å². The fraction of sp³-hybridized carbons (Fsp3) is 0.300. The summed E-state index contributed by atoms with van der Waals surface area (Å²) >= 11 is 0. The molecule has 2 aromatic carbocycles. The molecule has 1 fully saturated rings. The van der Waals surface area contributed by atoms with Crippen LogP contribution in [0.4, 0.5) is 11.4 Å². The van der Waals surface area contributed by atoms with Gasteiger partial charge in [-0.15, -0.1) is 0 Å². The van der Waals surface area contributed by atoms with E-state index in [2.05, 4.69) is 32.9 Å². The van der Waals surface area contributed by atoms with Gasteiger partial charge in [0.1, 0.15) is 5.75 Å². The van der Waals surface area contributed by atoms with Gasteiger partial charge in [0.05, 0.1) is 33.1 Å². The highest BCUT2D eigenvalue weighted by molar-refractivity contribution is 5.84. The van der Waals surface area contributed by atoms with Crippen molar-refractivity contribution in [3.8, 4) is 5.75 Å². The van der Waals surface area contributed by atoms with E-state index in [0.29, 0.717) is 0 Å². The van der Waals surface area contributed by atoms with Gasteiger partial charge in [-0.3, -0.25) is 4.79 Å². The molecule has 0 bridgehead atoms. The van der Waals surface area contributed by atoms with Crippen molar-refractivity contribution in [1.82, 2.24) is 5.43 Å². The van der Waals surface area contributed by atoms with Crippen LogP contribution < -0.4 is 20.4 Å². The number of rotatable bonds is 7. The molecule has 1 aliphatic rings. The first-order valence-electron chi connectivity index (χ1n) is 8.87. The molecule has 0 unspecified atom stereocenters. The van der Waals surface area contributed by atoms with Crippen LogP contribution in [0.1, 0.15) is 5.56 Å². The van der Waals surface area contributed by atoms with Crippen LogP contribution >= 0.6 is 0 Å². The van der Waals surface area contributed by atoms with Gasteiger partial charge < -0.3 is 19.7 Å². The second-order valence-electron chi connectivity index (χ2n) is 6.07. The smallest absolute Gasteiger partial charge is 0.259 e. The van der Waals surface area contributed by atoms with Crippen LogP contribution in [0, 0.1) is 0 Å². The van der Waals surface area contributed by atoms with Gasteiger partial charge in [0.2, 0.25) is 0 Å². The lowest BCUT2D eigenvalue weighted by molar-refractivity contribution is -0.119. The minimum Gasteiger partial charge on any atom is -0.497 e. The quantitative estimate of drug-likeness (QED) is 0.578. The molecule has 1 saturated heterocycles. The molecule has 0 aliphatic carbocycles. The molecule has 1 heterocycles. The monoisotopic (exact) mass is 368 g/mol. The molecule has 2 aromatic rings. The molecule has 0 spiro atoms. The Morgan fingerprint density at radius 2 is 1.85 bits per heavy atom. The Kier molecular flexibility index (Phi) is 6.65. The molecule has 142 valence electrons. The fourth-order valence-corrected chi connectivity index (χ4v) is 2.70. The van der Waals surface area contributed by atoms with E-state index in [1.807, 2.05) is 36.4 Å². The Bertz CT molecular complexity index is 754. The summed E-state index contributed by atoms with van der Waals surface area (Å²) in [6.45, 7) is 3.48. The van der Waals surface area contributed by atoms with Crippen LogP contribution in [-0.4, -0.2) is 52.1 Å². The predicted octanol–water partition coefficient (Wildman–Crippen LogP) is 2.09. The number of amides is 1. The zero-order valence-electron chi connectivity index (χ0n) is 15.4. The number of hydrogen-bond acceptors (Lipinski definition) is 6. The molecular formula is C20H24N4O3. The van der Waals surface area contributed by atoms with Gasteiger partial charge in [0.25, 0.3) is 5.91 Å². The highest BCUT2D eigenvalue weighted by atomic mass is 16.5. The molecule has 0 saturated carbocycles. The predicted molar refractivity (Wildman–Crippen MR) is 107 cm³/mol. The molecule has 2 N–H and O–H groups in total. The molecule has 0 radical (unpaired) electrons. The van der Waals surface area contributed by atoms with E-state index in [1.54, 1.807) is 13.3 Å². The van der Waals surface area contributed by atoms with Gasteiger partial charge in [-0.25, -0.2) is 5.43 Å². The van der Waals surface area contributed by atoms with Crippen molar-refractivity contribution in [2.45, 2.75) is 0 Å². The molecule has 27 heavy (non-hydrogen) atoms. The summed E-state index contributed by atoms with van der Waals surface area (Å²) in [6, 6.07) is 15.4. The van der Waals surface area contributed by atoms with Gasteiger partial charge in [-0.05, 0) is 42.0 Å². The van der Waals surface area contributed by atoms with Gasteiger partial charge in [-0.1, -0.05) is 12.1 Å². The van der Waals surface area contributed by atoms with Crippen LogP contribution in [-0.2, 0) is 9.53 Å². The lowest BCUT2D eigenvalue weighted by Crippen LogP contribution is -2.36. The lowest BCUT2D eigenvalue weighted by Gasteiger charge is -2.28.